The van der Waals surface area contributed by atoms with Crippen molar-refractivity contribution in [3.63, 3.8) is 0 Å². The van der Waals surface area contributed by atoms with Gasteiger partial charge in [0.15, 0.2) is 5.82 Å². The molecule has 1 amide bonds. The molecule has 2 aromatic rings. The highest BCUT2D eigenvalue weighted by atomic mass is 35.5. The summed E-state index contributed by atoms with van der Waals surface area (Å²) < 4.78 is 0. The van der Waals surface area contributed by atoms with Crippen LogP contribution in [-0.4, -0.2) is 47.5 Å². The quantitative estimate of drug-likeness (QED) is 0.566. The molecule has 32 heavy (non-hydrogen) atoms. The van der Waals surface area contributed by atoms with Gasteiger partial charge in [-0.3, -0.25) is 9.69 Å². The maximum Gasteiger partial charge on any atom is 0.255 e. The molecule has 2 aliphatic heterocycles. The minimum absolute atomic E-state index is 0.222. The Balaban J connectivity index is 1.42. The number of rotatable bonds is 5. The summed E-state index contributed by atoms with van der Waals surface area (Å²) in [5.41, 5.74) is 1.14. The maximum absolute atomic E-state index is 12.8. The molecular formula is C25H32Cl2N4O. The minimum Gasteiger partial charge on any atom is -0.355 e. The predicted molar refractivity (Wildman–Crippen MR) is 133 cm³/mol. The number of carbonyl (C=O) groups is 1. The van der Waals surface area contributed by atoms with E-state index >= 15 is 0 Å². The van der Waals surface area contributed by atoms with E-state index in [4.69, 9.17) is 23.2 Å². The molecule has 2 fully saturated rings. The lowest BCUT2D eigenvalue weighted by Crippen LogP contribution is -2.48. The Morgan fingerprint density at radius 2 is 1.78 bits per heavy atom. The normalized spacial score (nSPS) is 22.7. The number of anilines is 2. The van der Waals surface area contributed by atoms with Crippen molar-refractivity contribution in [1.29, 1.82) is 0 Å². The van der Waals surface area contributed by atoms with Crippen LogP contribution in [0, 0.1) is 5.92 Å². The highest BCUT2D eigenvalue weighted by Crippen LogP contribution is 2.32. The molecule has 2 saturated heterocycles. The van der Waals surface area contributed by atoms with Crippen LogP contribution in [0.5, 0.6) is 0 Å². The highest BCUT2D eigenvalue weighted by Gasteiger charge is 2.29. The molecular weight excluding hydrogens is 443 g/mol. The van der Waals surface area contributed by atoms with E-state index < -0.39 is 0 Å². The van der Waals surface area contributed by atoms with E-state index in [0.29, 0.717) is 39.3 Å². The zero-order valence-electron chi connectivity index (χ0n) is 18.9. The van der Waals surface area contributed by atoms with Gasteiger partial charge >= 0.3 is 0 Å². The zero-order chi connectivity index (χ0) is 22.7. The first kappa shape index (κ1) is 23.3. The number of piperidine rings is 2. The van der Waals surface area contributed by atoms with Crippen molar-refractivity contribution in [3.05, 3.63) is 52.1 Å². The minimum atomic E-state index is -0.222. The van der Waals surface area contributed by atoms with Gasteiger partial charge in [0.1, 0.15) is 0 Å². The number of amides is 1. The maximum atomic E-state index is 12.8. The van der Waals surface area contributed by atoms with Crippen LogP contribution in [0.1, 0.15) is 56.3 Å². The van der Waals surface area contributed by atoms with Gasteiger partial charge in [-0.25, -0.2) is 4.98 Å². The monoisotopic (exact) mass is 474 g/mol. The van der Waals surface area contributed by atoms with Crippen LogP contribution in [-0.2, 0) is 0 Å². The first-order valence-electron chi connectivity index (χ1n) is 11.6. The van der Waals surface area contributed by atoms with Crippen LogP contribution in [0.2, 0.25) is 10.0 Å². The van der Waals surface area contributed by atoms with Crippen molar-refractivity contribution in [2.45, 2.75) is 58.0 Å². The molecule has 0 spiro atoms. The summed E-state index contributed by atoms with van der Waals surface area (Å²) in [5, 5.41) is 4.01. The molecule has 5 nitrogen and oxygen atoms in total. The van der Waals surface area contributed by atoms with Crippen LogP contribution in [0.4, 0.5) is 11.5 Å². The summed E-state index contributed by atoms with van der Waals surface area (Å²) in [7, 11) is 0. The second kappa shape index (κ2) is 10.4. The molecule has 0 aliphatic carbocycles. The first-order chi connectivity index (χ1) is 15.4. The molecule has 4 rings (SSSR count). The average Bonchev–Trinajstić information content (AvgIpc) is 2.77. The van der Waals surface area contributed by atoms with Crippen molar-refractivity contribution in [3.8, 4) is 0 Å². The summed E-state index contributed by atoms with van der Waals surface area (Å²) in [6.07, 6.45) is 7.88. The number of aromatic nitrogens is 1. The Morgan fingerprint density at radius 1 is 1.06 bits per heavy atom. The summed E-state index contributed by atoms with van der Waals surface area (Å²) in [6.45, 7) is 7.78. The molecule has 2 atom stereocenters. The Morgan fingerprint density at radius 3 is 2.47 bits per heavy atom. The number of pyridine rings is 1. The van der Waals surface area contributed by atoms with E-state index in [1.807, 2.05) is 0 Å². The summed E-state index contributed by atoms with van der Waals surface area (Å²) in [4.78, 5) is 22.3. The summed E-state index contributed by atoms with van der Waals surface area (Å²) >= 11 is 12.3. The number of hydrogen-bond donors (Lipinski definition) is 1. The fourth-order valence-electron chi connectivity index (χ4n) is 5.06. The predicted octanol–water partition coefficient (Wildman–Crippen LogP) is 6.12. The van der Waals surface area contributed by atoms with E-state index in [9.17, 15) is 4.79 Å². The van der Waals surface area contributed by atoms with Crippen molar-refractivity contribution >= 4 is 40.6 Å². The Hall–Kier alpha value is -1.82. The molecule has 0 radical (unpaired) electrons. The summed E-state index contributed by atoms with van der Waals surface area (Å²) in [6, 6.07) is 10.1. The first-order valence-corrected chi connectivity index (χ1v) is 12.4. The van der Waals surface area contributed by atoms with E-state index in [1.165, 1.54) is 25.8 Å². The molecule has 2 unspecified atom stereocenters. The third-order valence-corrected chi connectivity index (χ3v) is 7.37. The third-order valence-electron chi connectivity index (χ3n) is 6.93. The second-order valence-corrected chi connectivity index (χ2v) is 10.1. The summed E-state index contributed by atoms with van der Waals surface area (Å²) in [5.74, 6) is 1.26. The smallest absolute Gasteiger partial charge is 0.255 e. The molecule has 1 aromatic heterocycles. The number of nitrogens with one attached hydrogen (secondary N) is 1. The number of carbonyl (C=O) groups excluding carboxylic acids is 1. The van der Waals surface area contributed by atoms with Gasteiger partial charge in [0, 0.05) is 48.5 Å². The lowest BCUT2D eigenvalue weighted by molar-refractivity contribution is 0.0785. The van der Waals surface area contributed by atoms with Crippen molar-refractivity contribution < 1.29 is 4.79 Å². The van der Waals surface area contributed by atoms with Crippen LogP contribution in [0.25, 0.3) is 0 Å². The van der Waals surface area contributed by atoms with Gasteiger partial charge in [-0.15, -0.1) is 0 Å². The second-order valence-electron chi connectivity index (χ2n) is 9.25. The van der Waals surface area contributed by atoms with Crippen molar-refractivity contribution in [2.75, 3.05) is 29.9 Å². The van der Waals surface area contributed by atoms with Gasteiger partial charge in [-0.05, 0) is 69.7 Å². The Kier molecular flexibility index (Phi) is 7.59. The lowest BCUT2D eigenvalue weighted by atomic mass is 9.91. The SMILES string of the molecule is CC1CCCC(C)N1CC1CCN(c2ncc(Cl)cc2NC(=O)c2cccc(Cl)c2)CC1. The van der Waals surface area contributed by atoms with Gasteiger partial charge in [-0.2, -0.15) is 0 Å². The van der Waals surface area contributed by atoms with Crippen LogP contribution < -0.4 is 10.2 Å². The van der Waals surface area contributed by atoms with Crippen LogP contribution in [0.3, 0.4) is 0 Å². The fraction of sp³-hybridized carbons (Fsp3) is 0.520. The van der Waals surface area contributed by atoms with Gasteiger partial charge < -0.3 is 10.2 Å². The number of likely N-dealkylation sites (tertiary alicyclic amines) is 1. The molecule has 7 heteroatoms. The Labute approximate surface area is 201 Å². The third kappa shape index (κ3) is 5.56. The molecule has 2 aliphatic rings. The molecule has 1 N–H and O–H groups in total. The van der Waals surface area contributed by atoms with E-state index in [0.717, 1.165) is 31.7 Å². The molecule has 0 saturated carbocycles. The zero-order valence-corrected chi connectivity index (χ0v) is 20.4. The molecule has 3 heterocycles. The van der Waals surface area contributed by atoms with Crippen LogP contribution in [0.15, 0.2) is 36.5 Å². The Bertz CT molecular complexity index is 935. The molecule has 1 aromatic carbocycles. The van der Waals surface area contributed by atoms with Crippen molar-refractivity contribution in [2.24, 2.45) is 5.92 Å². The fourth-order valence-corrected chi connectivity index (χ4v) is 5.41. The van der Waals surface area contributed by atoms with E-state index in [1.54, 1.807) is 36.5 Å². The van der Waals surface area contributed by atoms with Gasteiger partial charge in [-0.1, -0.05) is 35.7 Å². The van der Waals surface area contributed by atoms with Gasteiger partial charge in [0.2, 0.25) is 0 Å². The topological polar surface area (TPSA) is 48.5 Å². The number of hydrogen-bond acceptors (Lipinski definition) is 4. The van der Waals surface area contributed by atoms with Crippen LogP contribution >= 0.6 is 23.2 Å². The highest BCUT2D eigenvalue weighted by molar-refractivity contribution is 6.31. The number of benzene rings is 1. The molecule has 0 bridgehead atoms. The van der Waals surface area contributed by atoms with E-state index in [-0.39, 0.29) is 5.91 Å². The largest absolute Gasteiger partial charge is 0.355 e. The van der Waals surface area contributed by atoms with Gasteiger partial charge in [0.05, 0.1) is 10.7 Å². The lowest BCUT2D eigenvalue weighted by Gasteiger charge is -2.43. The number of nitrogens with zero attached hydrogens (tertiary/aromatic N) is 3. The van der Waals surface area contributed by atoms with E-state index in [2.05, 4.69) is 33.9 Å². The standard InChI is InChI=1S/C25H32Cl2N4O/c1-17-5-3-6-18(2)31(17)16-19-9-11-30(12-10-19)24-23(14-22(27)15-28-24)29-25(32)20-7-4-8-21(26)13-20/h4,7-8,13-15,17-19H,3,5-6,9-12,16H2,1-2H3,(H,29,32). The van der Waals surface area contributed by atoms with Crippen molar-refractivity contribution in [1.82, 2.24) is 9.88 Å². The average molecular weight is 475 g/mol. The molecule has 172 valence electrons. The number of halogens is 2. The van der Waals surface area contributed by atoms with Gasteiger partial charge in [0.25, 0.3) is 5.91 Å².